The number of H-pyrrole nitrogens is 2. The number of benzene rings is 3. The number of hydrogen-bond donors (Lipinski definition) is 3. The molecule has 0 saturated heterocycles. The minimum Gasteiger partial charge on any atom is -0.316 e. The molecule has 0 amide bonds. The summed E-state index contributed by atoms with van der Waals surface area (Å²) in [6.45, 7) is 8.09. The van der Waals surface area contributed by atoms with E-state index in [1.165, 1.54) is 16.7 Å². The molecule has 0 spiro atoms. The van der Waals surface area contributed by atoms with Gasteiger partial charge in [-0.05, 0) is 84.8 Å². The van der Waals surface area contributed by atoms with Gasteiger partial charge in [-0.15, -0.1) is 0 Å². The molecule has 0 bridgehead atoms. The van der Waals surface area contributed by atoms with Crippen molar-refractivity contribution >= 4 is 27.7 Å². The molecule has 3 N–H and O–H groups in total. The predicted octanol–water partition coefficient (Wildman–Crippen LogP) is 4.51. The molecule has 4 aromatic rings. The lowest BCUT2D eigenvalue weighted by Gasteiger charge is -2.17. The first-order valence-electron chi connectivity index (χ1n) is 10.4. The highest BCUT2D eigenvalue weighted by Gasteiger charge is 2.14. The molecule has 1 aromatic heterocycles. The minimum absolute atomic E-state index is 0.434. The van der Waals surface area contributed by atoms with Crippen molar-refractivity contribution in [3.8, 4) is 11.1 Å². The molecule has 1 heterocycles. The van der Waals surface area contributed by atoms with E-state index in [-0.39, 0.29) is 0 Å². The molecular formula is C25H25N3O3S. The minimum atomic E-state index is -1.55. The van der Waals surface area contributed by atoms with E-state index in [4.69, 9.17) is 0 Å². The first kappa shape index (κ1) is 21.8. The fourth-order valence-corrected chi connectivity index (χ4v) is 5.15. The van der Waals surface area contributed by atoms with Crippen molar-refractivity contribution in [1.82, 2.24) is 9.97 Å². The van der Waals surface area contributed by atoms with Gasteiger partial charge in [-0.3, -0.25) is 9.59 Å². The Morgan fingerprint density at radius 2 is 1.44 bits per heavy atom. The number of aryl methyl sites for hydroxylation is 4. The maximum Gasteiger partial charge on any atom is 0.314 e. The van der Waals surface area contributed by atoms with Crippen LogP contribution in [0.1, 0.15) is 29.2 Å². The van der Waals surface area contributed by atoms with Crippen LogP contribution in [0.4, 0.5) is 5.69 Å². The van der Waals surface area contributed by atoms with Crippen LogP contribution in [0.3, 0.4) is 0 Å². The molecule has 0 aliphatic carbocycles. The number of anilines is 1. The molecule has 0 fully saturated rings. The van der Waals surface area contributed by atoms with E-state index in [0.29, 0.717) is 15.9 Å². The SMILES string of the molecule is CCc1ccccc1-c1c(C)cc(NS(=O)c2cc3[nH]c(=O)c(=O)[nH]c3cc2C)cc1C. The van der Waals surface area contributed by atoms with Crippen LogP contribution in [-0.4, -0.2) is 14.2 Å². The average Bonchev–Trinajstić information content (AvgIpc) is 2.74. The molecule has 0 aliphatic heterocycles. The van der Waals surface area contributed by atoms with E-state index < -0.39 is 22.1 Å². The molecule has 4 rings (SSSR count). The van der Waals surface area contributed by atoms with Gasteiger partial charge < -0.3 is 14.7 Å². The van der Waals surface area contributed by atoms with Crippen LogP contribution < -0.4 is 15.8 Å². The van der Waals surface area contributed by atoms with Gasteiger partial charge in [-0.1, -0.05) is 31.2 Å². The van der Waals surface area contributed by atoms with Gasteiger partial charge in [0.05, 0.1) is 15.9 Å². The fourth-order valence-electron chi connectivity index (χ4n) is 4.13. The molecule has 1 unspecified atom stereocenters. The van der Waals surface area contributed by atoms with Gasteiger partial charge in [0, 0.05) is 5.69 Å². The van der Waals surface area contributed by atoms with Crippen molar-refractivity contribution in [2.45, 2.75) is 39.0 Å². The zero-order chi connectivity index (χ0) is 23.0. The zero-order valence-corrected chi connectivity index (χ0v) is 19.3. The van der Waals surface area contributed by atoms with E-state index in [2.05, 4.69) is 59.7 Å². The van der Waals surface area contributed by atoms with Crippen LogP contribution in [0.5, 0.6) is 0 Å². The topological polar surface area (TPSA) is 94.8 Å². The Hall–Kier alpha value is -3.45. The number of hydrogen-bond acceptors (Lipinski definition) is 3. The summed E-state index contributed by atoms with van der Waals surface area (Å²) < 4.78 is 16.2. The first-order valence-corrected chi connectivity index (χ1v) is 11.6. The molecule has 3 aromatic carbocycles. The third-order valence-electron chi connectivity index (χ3n) is 5.63. The van der Waals surface area contributed by atoms with E-state index in [0.717, 1.165) is 28.8 Å². The highest BCUT2D eigenvalue weighted by Crippen LogP contribution is 2.33. The van der Waals surface area contributed by atoms with Crippen LogP contribution in [0.2, 0.25) is 0 Å². The predicted molar refractivity (Wildman–Crippen MR) is 131 cm³/mol. The number of rotatable bonds is 5. The maximum absolute atomic E-state index is 13.1. The summed E-state index contributed by atoms with van der Waals surface area (Å²) in [6.07, 6.45) is 0.952. The smallest absolute Gasteiger partial charge is 0.314 e. The van der Waals surface area contributed by atoms with E-state index in [1.807, 2.05) is 19.1 Å². The highest BCUT2D eigenvalue weighted by atomic mass is 32.2. The lowest BCUT2D eigenvalue weighted by Crippen LogP contribution is -2.29. The van der Waals surface area contributed by atoms with Gasteiger partial charge >= 0.3 is 11.1 Å². The first-order chi connectivity index (χ1) is 15.3. The molecular weight excluding hydrogens is 422 g/mol. The Morgan fingerprint density at radius 1 is 0.844 bits per heavy atom. The summed E-state index contributed by atoms with van der Waals surface area (Å²) in [4.78, 5) is 28.9. The van der Waals surface area contributed by atoms with Crippen LogP contribution in [0.25, 0.3) is 22.2 Å². The van der Waals surface area contributed by atoms with Gasteiger partial charge in [0.2, 0.25) is 0 Å². The normalized spacial score (nSPS) is 12.1. The number of aromatic nitrogens is 2. The third-order valence-corrected chi connectivity index (χ3v) is 6.89. The molecule has 32 heavy (non-hydrogen) atoms. The van der Waals surface area contributed by atoms with Gasteiger partial charge in [0.1, 0.15) is 0 Å². The van der Waals surface area contributed by atoms with E-state index in [1.54, 1.807) is 12.1 Å². The molecule has 0 radical (unpaired) electrons. The van der Waals surface area contributed by atoms with Crippen molar-refractivity contribution in [2.24, 2.45) is 0 Å². The van der Waals surface area contributed by atoms with Crippen LogP contribution in [0, 0.1) is 20.8 Å². The second-order valence-corrected chi connectivity index (χ2v) is 9.12. The Bertz CT molecular complexity index is 1460. The van der Waals surface area contributed by atoms with Gasteiger partial charge in [0.25, 0.3) is 0 Å². The Kier molecular flexibility index (Phi) is 5.84. The molecule has 0 aliphatic rings. The van der Waals surface area contributed by atoms with Crippen molar-refractivity contribution in [3.05, 3.63) is 91.5 Å². The average molecular weight is 448 g/mol. The molecule has 6 nitrogen and oxygen atoms in total. The van der Waals surface area contributed by atoms with E-state index in [9.17, 15) is 13.8 Å². The lowest BCUT2D eigenvalue weighted by atomic mass is 9.91. The van der Waals surface area contributed by atoms with E-state index >= 15 is 0 Å². The van der Waals surface area contributed by atoms with Gasteiger partial charge in [-0.2, -0.15) is 0 Å². The van der Waals surface area contributed by atoms with Crippen LogP contribution >= 0.6 is 0 Å². The van der Waals surface area contributed by atoms with Crippen LogP contribution in [-0.2, 0) is 17.4 Å². The highest BCUT2D eigenvalue weighted by molar-refractivity contribution is 7.86. The summed E-state index contributed by atoms with van der Waals surface area (Å²) >= 11 is 0. The summed E-state index contributed by atoms with van der Waals surface area (Å²) in [5.74, 6) is 0. The summed E-state index contributed by atoms with van der Waals surface area (Å²) in [7, 11) is -1.55. The summed E-state index contributed by atoms with van der Waals surface area (Å²) in [5, 5.41) is 0. The quantitative estimate of drug-likeness (QED) is 0.393. The second kappa shape index (κ2) is 8.59. The van der Waals surface area contributed by atoms with Crippen LogP contribution in [0.15, 0.2) is 63.0 Å². The van der Waals surface area contributed by atoms with Gasteiger partial charge in [0.15, 0.2) is 11.0 Å². The standard InChI is InChI=1S/C25H25N3O3S/c1-5-17-8-6-7-9-19(17)23-15(3)10-18(11-16(23)4)28-32(31)22-13-21-20(12-14(22)2)26-24(29)25(30)27-21/h6-13,28H,5H2,1-4H3,(H,26,29)(H,27,30). The second-order valence-electron chi connectivity index (χ2n) is 7.94. The van der Waals surface area contributed by atoms with Crippen molar-refractivity contribution in [1.29, 1.82) is 0 Å². The number of aromatic amines is 2. The molecule has 164 valence electrons. The Labute approximate surface area is 188 Å². The summed E-state index contributed by atoms with van der Waals surface area (Å²) in [5.41, 5.74) is 6.90. The van der Waals surface area contributed by atoms with Crippen molar-refractivity contribution in [3.63, 3.8) is 0 Å². The lowest BCUT2D eigenvalue weighted by molar-refractivity contribution is 0.686. The monoisotopic (exact) mass is 447 g/mol. The largest absolute Gasteiger partial charge is 0.316 e. The Morgan fingerprint density at radius 3 is 2.06 bits per heavy atom. The summed E-state index contributed by atoms with van der Waals surface area (Å²) in [6, 6.07) is 15.7. The van der Waals surface area contributed by atoms with Crippen molar-refractivity contribution < 1.29 is 4.21 Å². The van der Waals surface area contributed by atoms with Crippen molar-refractivity contribution in [2.75, 3.05) is 4.72 Å². The third kappa shape index (κ3) is 4.03. The maximum atomic E-state index is 13.1. The zero-order valence-electron chi connectivity index (χ0n) is 18.5. The fraction of sp³-hybridized carbons (Fsp3) is 0.200. The number of fused-ring (bicyclic) bond motifs is 1. The van der Waals surface area contributed by atoms with Gasteiger partial charge in [-0.25, -0.2) is 4.21 Å². The molecule has 7 heteroatoms. The molecule has 1 atom stereocenters. The molecule has 0 saturated carbocycles. The Balaban J connectivity index is 1.70. The number of nitrogens with one attached hydrogen (secondary N) is 3.